The molecule has 0 aliphatic rings. The summed E-state index contributed by atoms with van der Waals surface area (Å²) in [7, 11) is -3.83. The number of hydrogen-bond acceptors (Lipinski definition) is 8. The summed E-state index contributed by atoms with van der Waals surface area (Å²) in [6, 6.07) is 10.3. The summed E-state index contributed by atoms with van der Waals surface area (Å²) < 4.78 is 39.4. The molecule has 1 aromatic heterocycles. The van der Waals surface area contributed by atoms with Crippen molar-refractivity contribution in [3.63, 3.8) is 0 Å². The number of rotatable bonds is 12. The number of hydrogen-bond donors (Lipinski definition) is 0. The molecular weight excluding hydrogens is 542 g/mol. The monoisotopic (exact) mass is 571 g/mol. The fourth-order valence-electron chi connectivity index (χ4n) is 3.62. The van der Waals surface area contributed by atoms with E-state index in [1.54, 1.807) is 32.0 Å². The molecule has 0 aliphatic heterocycles. The molecule has 0 aliphatic carbocycles. The topological polar surface area (TPSA) is 124 Å². The SMILES string of the molecule is C=CCN(CC=C)S(=O)(=O)c1ccc(C(=O)N=c2sc3cc(C(=O)OCC)ccc3n2CC(=O)OCC)cc1. The molecule has 0 radical (unpaired) electrons. The first-order chi connectivity index (χ1) is 18.7. The van der Waals surface area contributed by atoms with E-state index in [4.69, 9.17) is 9.47 Å². The molecule has 10 nitrogen and oxygen atoms in total. The van der Waals surface area contributed by atoms with E-state index in [1.165, 1.54) is 45.3 Å². The van der Waals surface area contributed by atoms with Gasteiger partial charge in [-0.15, -0.1) is 13.2 Å². The Kier molecular flexibility index (Phi) is 10.1. The van der Waals surface area contributed by atoms with Crippen molar-refractivity contribution in [2.45, 2.75) is 25.3 Å². The number of benzene rings is 2. The number of esters is 2. The van der Waals surface area contributed by atoms with Crippen molar-refractivity contribution in [1.29, 1.82) is 0 Å². The average molecular weight is 572 g/mol. The van der Waals surface area contributed by atoms with Crippen LogP contribution >= 0.6 is 11.3 Å². The number of thiazole rings is 1. The van der Waals surface area contributed by atoms with Gasteiger partial charge in [0.2, 0.25) is 10.0 Å². The molecule has 0 spiro atoms. The van der Waals surface area contributed by atoms with Crippen LogP contribution in [0.25, 0.3) is 10.2 Å². The molecule has 39 heavy (non-hydrogen) atoms. The van der Waals surface area contributed by atoms with Gasteiger partial charge in [-0.1, -0.05) is 23.5 Å². The van der Waals surface area contributed by atoms with Gasteiger partial charge in [-0.2, -0.15) is 9.30 Å². The third-order valence-electron chi connectivity index (χ3n) is 5.39. The van der Waals surface area contributed by atoms with Crippen LogP contribution in [-0.4, -0.2) is 61.4 Å². The highest BCUT2D eigenvalue weighted by atomic mass is 32.2. The Morgan fingerprint density at radius 1 is 0.974 bits per heavy atom. The quantitative estimate of drug-likeness (QED) is 0.241. The lowest BCUT2D eigenvalue weighted by Gasteiger charge is -2.19. The minimum absolute atomic E-state index is 0.00785. The molecule has 0 atom stereocenters. The van der Waals surface area contributed by atoms with Crippen molar-refractivity contribution in [1.82, 2.24) is 8.87 Å². The maximum Gasteiger partial charge on any atom is 0.338 e. The Bertz CT molecular complexity index is 1560. The molecular formula is C27H29N3O7S2. The number of carbonyl (C=O) groups excluding carboxylic acids is 3. The van der Waals surface area contributed by atoms with Crippen LogP contribution in [0.5, 0.6) is 0 Å². The Balaban J connectivity index is 2.02. The van der Waals surface area contributed by atoms with Gasteiger partial charge in [0.1, 0.15) is 6.54 Å². The van der Waals surface area contributed by atoms with Gasteiger partial charge in [-0.25, -0.2) is 13.2 Å². The molecule has 12 heteroatoms. The summed E-state index contributed by atoms with van der Waals surface area (Å²) in [5.41, 5.74) is 1.06. The third kappa shape index (κ3) is 6.96. The maximum absolute atomic E-state index is 13.1. The lowest BCUT2D eigenvalue weighted by atomic mass is 10.2. The van der Waals surface area contributed by atoms with Crippen LogP contribution in [0, 0.1) is 0 Å². The van der Waals surface area contributed by atoms with Gasteiger partial charge in [-0.3, -0.25) is 9.59 Å². The highest BCUT2D eigenvalue weighted by molar-refractivity contribution is 7.89. The van der Waals surface area contributed by atoms with Gasteiger partial charge in [0.25, 0.3) is 5.91 Å². The average Bonchev–Trinajstić information content (AvgIpc) is 3.24. The molecule has 0 bridgehead atoms. The zero-order valence-electron chi connectivity index (χ0n) is 21.7. The van der Waals surface area contributed by atoms with Crippen LogP contribution in [0.1, 0.15) is 34.6 Å². The largest absolute Gasteiger partial charge is 0.465 e. The summed E-state index contributed by atoms with van der Waals surface area (Å²) >= 11 is 1.12. The van der Waals surface area contributed by atoms with E-state index >= 15 is 0 Å². The molecule has 2 aromatic carbocycles. The molecule has 1 heterocycles. The van der Waals surface area contributed by atoms with Crippen molar-refractivity contribution in [3.8, 4) is 0 Å². The lowest BCUT2D eigenvalue weighted by molar-refractivity contribution is -0.143. The standard InChI is InChI=1S/C27H29N3O7S2/c1-5-15-29(16-6-2)39(34,35)21-12-9-19(10-13-21)25(32)28-27-30(18-24(31)36-7-3)22-14-11-20(17-23(22)38-27)26(33)37-8-4/h5-6,9-14,17H,1-2,7-8,15-16,18H2,3-4H3. The zero-order chi connectivity index (χ0) is 28.6. The molecule has 206 valence electrons. The van der Waals surface area contributed by atoms with E-state index in [1.807, 2.05) is 0 Å². The molecule has 0 fully saturated rings. The Morgan fingerprint density at radius 3 is 2.18 bits per heavy atom. The van der Waals surface area contributed by atoms with E-state index in [9.17, 15) is 22.8 Å². The Morgan fingerprint density at radius 2 is 1.59 bits per heavy atom. The van der Waals surface area contributed by atoms with Crippen LogP contribution in [-0.2, 0) is 30.8 Å². The van der Waals surface area contributed by atoms with Gasteiger partial charge >= 0.3 is 11.9 Å². The second-order valence-corrected chi connectivity index (χ2v) is 11.0. The summed E-state index contributed by atoms with van der Waals surface area (Å²) in [6.45, 7) is 11.0. The van der Waals surface area contributed by atoms with Crippen molar-refractivity contribution in [3.05, 3.63) is 83.7 Å². The van der Waals surface area contributed by atoms with Gasteiger partial charge in [0.05, 0.1) is 33.9 Å². The van der Waals surface area contributed by atoms with Crippen molar-refractivity contribution < 1.29 is 32.3 Å². The number of nitrogens with zero attached hydrogens (tertiary/aromatic N) is 3. The van der Waals surface area contributed by atoms with Crippen LogP contribution in [0.3, 0.4) is 0 Å². The molecule has 1 amide bonds. The second kappa shape index (κ2) is 13.3. The fourth-order valence-corrected chi connectivity index (χ4v) is 6.07. The van der Waals surface area contributed by atoms with Crippen LogP contribution in [0.2, 0.25) is 0 Å². The predicted octanol–water partition coefficient (Wildman–Crippen LogP) is 3.55. The first-order valence-electron chi connectivity index (χ1n) is 12.0. The van der Waals surface area contributed by atoms with E-state index < -0.39 is 27.9 Å². The number of fused-ring (bicyclic) bond motifs is 1. The van der Waals surface area contributed by atoms with Gasteiger partial charge in [0.15, 0.2) is 4.80 Å². The van der Waals surface area contributed by atoms with Crippen LogP contribution in [0.4, 0.5) is 0 Å². The number of ether oxygens (including phenoxy) is 2. The Labute approximate surface area is 230 Å². The van der Waals surface area contributed by atoms with Crippen molar-refractivity contribution in [2.24, 2.45) is 4.99 Å². The molecule has 0 unspecified atom stereocenters. The molecule has 0 saturated heterocycles. The molecule has 3 aromatic rings. The second-order valence-electron chi connectivity index (χ2n) is 8.02. The first-order valence-corrected chi connectivity index (χ1v) is 14.3. The number of aromatic nitrogens is 1. The van der Waals surface area contributed by atoms with Gasteiger partial charge < -0.3 is 14.0 Å². The van der Waals surface area contributed by atoms with E-state index in [0.717, 1.165) is 11.3 Å². The number of sulfonamides is 1. The molecule has 0 saturated carbocycles. The maximum atomic E-state index is 13.1. The van der Waals surface area contributed by atoms with Crippen LogP contribution in [0.15, 0.2) is 77.7 Å². The predicted molar refractivity (Wildman–Crippen MR) is 148 cm³/mol. The smallest absolute Gasteiger partial charge is 0.338 e. The van der Waals surface area contributed by atoms with Crippen molar-refractivity contribution in [2.75, 3.05) is 26.3 Å². The normalized spacial score (nSPS) is 11.9. The summed E-state index contributed by atoms with van der Waals surface area (Å²) in [5.74, 6) is -1.64. The summed E-state index contributed by atoms with van der Waals surface area (Å²) in [5, 5.41) is 0. The minimum Gasteiger partial charge on any atom is -0.465 e. The zero-order valence-corrected chi connectivity index (χ0v) is 23.3. The van der Waals surface area contributed by atoms with Crippen LogP contribution < -0.4 is 4.80 Å². The highest BCUT2D eigenvalue weighted by Gasteiger charge is 2.23. The van der Waals surface area contributed by atoms with E-state index in [-0.39, 0.29) is 48.1 Å². The minimum atomic E-state index is -3.83. The first kappa shape index (κ1) is 29.7. The number of amides is 1. The number of carbonyl (C=O) groups is 3. The summed E-state index contributed by atoms with van der Waals surface area (Å²) in [6.07, 6.45) is 2.95. The Hall–Kier alpha value is -3.87. The van der Waals surface area contributed by atoms with Gasteiger partial charge in [0, 0.05) is 18.7 Å². The molecule has 0 N–H and O–H groups in total. The van der Waals surface area contributed by atoms with E-state index in [2.05, 4.69) is 18.2 Å². The lowest BCUT2D eigenvalue weighted by Crippen LogP contribution is -2.31. The molecule has 3 rings (SSSR count). The van der Waals surface area contributed by atoms with Gasteiger partial charge in [-0.05, 0) is 56.3 Å². The summed E-state index contributed by atoms with van der Waals surface area (Å²) in [4.78, 5) is 42.0. The van der Waals surface area contributed by atoms with E-state index in [0.29, 0.717) is 15.8 Å². The van der Waals surface area contributed by atoms with Crippen molar-refractivity contribution >= 4 is 49.4 Å². The third-order valence-corrected chi connectivity index (χ3v) is 8.28. The highest BCUT2D eigenvalue weighted by Crippen LogP contribution is 2.21. The fraction of sp³-hybridized carbons (Fsp3) is 0.259.